The zero-order valence-corrected chi connectivity index (χ0v) is 16.6. The largest absolute Gasteiger partial charge is 0.378 e. The van der Waals surface area contributed by atoms with Gasteiger partial charge in [-0.05, 0) is 31.2 Å². The van der Waals surface area contributed by atoms with Gasteiger partial charge in [0, 0.05) is 43.6 Å². The number of anilines is 4. The van der Waals surface area contributed by atoms with Gasteiger partial charge in [0.05, 0.1) is 26.4 Å². The molecule has 2 aliphatic rings. The van der Waals surface area contributed by atoms with Crippen LogP contribution in [0.15, 0.2) is 30.3 Å². The van der Waals surface area contributed by atoms with Crippen LogP contribution in [0.25, 0.3) is 0 Å². The fourth-order valence-electron chi connectivity index (χ4n) is 3.32. The Kier molecular flexibility index (Phi) is 6.06. The molecule has 154 valence electrons. The Hall–Kier alpha value is -2.91. The molecule has 2 N–H and O–H groups in total. The first-order valence-corrected chi connectivity index (χ1v) is 9.86. The molecule has 9 heteroatoms. The maximum Gasteiger partial charge on any atom is 0.321 e. The maximum atomic E-state index is 12.3. The summed E-state index contributed by atoms with van der Waals surface area (Å²) in [5, 5.41) is 6.24. The van der Waals surface area contributed by atoms with Crippen LogP contribution in [0.1, 0.15) is 5.82 Å². The average molecular weight is 398 g/mol. The Morgan fingerprint density at radius 2 is 1.55 bits per heavy atom. The molecule has 29 heavy (non-hydrogen) atoms. The van der Waals surface area contributed by atoms with E-state index in [0.29, 0.717) is 45.3 Å². The number of hydrogen-bond donors (Lipinski definition) is 2. The fourth-order valence-corrected chi connectivity index (χ4v) is 3.32. The van der Waals surface area contributed by atoms with Crippen LogP contribution in [0.3, 0.4) is 0 Å². The van der Waals surface area contributed by atoms with E-state index in [1.54, 1.807) is 4.90 Å². The average Bonchev–Trinajstić information content (AvgIpc) is 2.76. The molecule has 9 nitrogen and oxygen atoms in total. The van der Waals surface area contributed by atoms with E-state index in [1.807, 2.05) is 37.3 Å². The molecule has 2 aromatic rings. The molecule has 0 radical (unpaired) electrons. The van der Waals surface area contributed by atoms with Crippen molar-refractivity contribution in [1.29, 1.82) is 0 Å². The van der Waals surface area contributed by atoms with Crippen molar-refractivity contribution in [1.82, 2.24) is 14.9 Å². The highest BCUT2D eigenvalue weighted by atomic mass is 16.5. The predicted molar refractivity (Wildman–Crippen MR) is 111 cm³/mol. The van der Waals surface area contributed by atoms with Crippen molar-refractivity contribution < 1.29 is 14.3 Å². The minimum absolute atomic E-state index is 0.101. The first-order chi connectivity index (χ1) is 14.2. The molecule has 0 unspecified atom stereocenters. The van der Waals surface area contributed by atoms with E-state index < -0.39 is 0 Å². The maximum absolute atomic E-state index is 12.3. The van der Waals surface area contributed by atoms with Gasteiger partial charge in [0.15, 0.2) is 0 Å². The number of nitrogens with zero attached hydrogens (tertiary/aromatic N) is 4. The van der Waals surface area contributed by atoms with Crippen LogP contribution < -0.4 is 15.5 Å². The summed E-state index contributed by atoms with van der Waals surface area (Å²) in [5.74, 6) is 2.35. The van der Waals surface area contributed by atoms with Crippen LogP contribution in [0.2, 0.25) is 0 Å². The molecular weight excluding hydrogens is 372 g/mol. The molecule has 0 saturated carbocycles. The van der Waals surface area contributed by atoms with Gasteiger partial charge in [0.2, 0.25) is 0 Å². The van der Waals surface area contributed by atoms with Gasteiger partial charge in [0.1, 0.15) is 17.5 Å². The molecule has 2 fully saturated rings. The topological polar surface area (TPSA) is 91.9 Å². The smallest absolute Gasteiger partial charge is 0.321 e. The Balaban J connectivity index is 1.39. The quantitative estimate of drug-likeness (QED) is 0.816. The standard InChI is InChI=1S/C20H26N6O3/c1-15-21-18(14-19(22-15)25-6-10-28-11-7-25)23-16-2-4-17(5-3-16)24-20(27)26-8-12-29-13-9-26/h2-5,14H,6-13H2,1H3,(H,24,27)(H,21,22,23). The van der Waals surface area contributed by atoms with Crippen LogP contribution in [0.5, 0.6) is 0 Å². The highest BCUT2D eigenvalue weighted by Gasteiger charge is 2.17. The SMILES string of the molecule is Cc1nc(Nc2ccc(NC(=O)N3CCOCC3)cc2)cc(N2CCOCC2)n1. The molecule has 4 rings (SSSR count). The number of carbonyl (C=O) groups excluding carboxylic acids is 1. The number of urea groups is 1. The number of aromatic nitrogens is 2. The second kappa shape index (κ2) is 9.06. The normalized spacial score (nSPS) is 17.1. The first kappa shape index (κ1) is 19.4. The molecule has 1 aromatic heterocycles. The number of aryl methyl sites for hydroxylation is 1. The first-order valence-electron chi connectivity index (χ1n) is 9.86. The summed E-state index contributed by atoms with van der Waals surface area (Å²) in [6.07, 6.45) is 0. The molecular formula is C20H26N6O3. The van der Waals surface area contributed by atoms with Crippen molar-refractivity contribution in [2.45, 2.75) is 6.92 Å². The Morgan fingerprint density at radius 1 is 0.931 bits per heavy atom. The minimum atomic E-state index is -0.101. The summed E-state index contributed by atoms with van der Waals surface area (Å²) in [7, 11) is 0. The van der Waals surface area contributed by atoms with E-state index in [1.165, 1.54) is 0 Å². The summed E-state index contributed by atoms with van der Waals surface area (Å²) < 4.78 is 10.7. The van der Waals surface area contributed by atoms with Crippen molar-refractivity contribution in [3.05, 3.63) is 36.2 Å². The van der Waals surface area contributed by atoms with Crippen molar-refractivity contribution >= 4 is 29.0 Å². The van der Waals surface area contributed by atoms with Crippen LogP contribution in [0.4, 0.5) is 27.8 Å². The molecule has 0 bridgehead atoms. The number of morpholine rings is 2. The number of nitrogens with one attached hydrogen (secondary N) is 2. The number of amides is 2. The number of ether oxygens (including phenoxy) is 2. The number of hydrogen-bond acceptors (Lipinski definition) is 7. The van der Waals surface area contributed by atoms with Crippen molar-refractivity contribution in [3.8, 4) is 0 Å². The van der Waals surface area contributed by atoms with Gasteiger partial charge in [-0.2, -0.15) is 0 Å². The zero-order valence-electron chi connectivity index (χ0n) is 16.6. The van der Waals surface area contributed by atoms with Crippen LogP contribution in [0, 0.1) is 6.92 Å². The monoisotopic (exact) mass is 398 g/mol. The Bertz CT molecular complexity index is 833. The van der Waals surface area contributed by atoms with Gasteiger partial charge >= 0.3 is 6.03 Å². The molecule has 0 atom stereocenters. The summed E-state index contributed by atoms with van der Waals surface area (Å²) in [5.41, 5.74) is 1.64. The van der Waals surface area contributed by atoms with Crippen molar-refractivity contribution in [2.24, 2.45) is 0 Å². The summed E-state index contributed by atoms with van der Waals surface area (Å²) in [6.45, 7) is 7.36. The lowest BCUT2D eigenvalue weighted by Crippen LogP contribution is -2.43. The second-order valence-electron chi connectivity index (χ2n) is 6.99. The van der Waals surface area contributed by atoms with Crippen LogP contribution in [-0.2, 0) is 9.47 Å². The molecule has 2 saturated heterocycles. The third-order valence-electron chi connectivity index (χ3n) is 4.87. The van der Waals surface area contributed by atoms with Crippen LogP contribution in [-0.4, -0.2) is 73.5 Å². The summed E-state index contributed by atoms with van der Waals surface area (Å²) in [4.78, 5) is 25.3. The molecule has 2 amide bonds. The molecule has 0 spiro atoms. The second-order valence-corrected chi connectivity index (χ2v) is 6.99. The highest BCUT2D eigenvalue weighted by Crippen LogP contribution is 2.22. The predicted octanol–water partition coefficient (Wildman–Crippen LogP) is 2.23. The van der Waals surface area contributed by atoms with E-state index >= 15 is 0 Å². The van der Waals surface area contributed by atoms with Gasteiger partial charge < -0.3 is 29.9 Å². The van der Waals surface area contributed by atoms with E-state index in [2.05, 4.69) is 25.5 Å². The van der Waals surface area contributed by atoms with Crippen LogP contribution >= 0.6 is 0 Å². The van der Waals surface area contributed by atoms with E-state index in [9.17, 15) is 4.79 Å². The van der Waals surface area contributed by atoms with Gasteiger partial charge in [-0.1, -0.05) is 0 Å². The zero-order chi connectivity index (χ0) is 20.1. The third kappa shape index (κ3) is 5.12. The van der Waals surface area contributed by atoms with Gasteiger partial charge in [-0.25, -0.2) is 14.8 Å². The summed E-state index contributed by atoms with van der Waals surface area (Å²) >= 11 is 0. The lowest BCUT2D eigenvalue weighted by Gasteiger charge is -2.28. The van der Waals surface area contributed by atoms with Crippen molar-refractivity contribution in [2.75, 3.05) is 68.1 Å². The van der Waals surface area contributed by atoms with Gasteiger partial charge in [-0.15, -0.1) is 0 Å². The molecule has 3 heterocycles. The number of rotatable bonds is 4. The Morgan fingerprint density at radius 3 is 2.24 bits per heavy atom. The number of benzene rings is 1. The Labute approximate surface area is 170 Å². The van der Waals surface area contributed by atoms with E-state index in [0.717, 1.165) is 36.1 Å². The van der Waals surface area contributed by atoms with Gasteiger partial charge in [-0.3, -0.25) is 0 Å². The lowest BCUT2D eigenvalue weighted by molar-refractivity contribution is 0.0564. The number of carbonyl (C=O) groups is 1. The van der Waals surface area contributed by atoms with Gasteiger partial charge in [0.25, 0.3) is 0 Å². The molecule has 1 aromatic carbocycles. The fraction of sp³-hybridized carbons (Fsp3) is 0.450. The molecule has 2 aliphatic heterocycles. The molecule has 0 aliphatic carbocycles. The summed E-state index contributed by atoms with van der Waals surface area (Å²) in [6, 6.07) is 9.43. The third-order valence-corrected chi connectivity index (χ3v) is 4.87. The van der Waals surface area contributed by atoms with Crippen molar-refractivity contribution in [3.63, 3.8) is 0 Å². The van der Waals surface area contributed by atoms with E-state index in [-0.39, 0.29) is 6.03 Å². The highest BCUT2D eigenvalue weighted by molar-refractivity contribution is 5.89. The minimum Gasteiger partial charge on any atom is -0.378 e. The van der Waals surface area contributed by atoms with E-state index in [4.69, 9.17) is 9.47 Å². The lowest BCUT2D eigenvalue weighted by atomic mass is 10.2.